The number of amides is 2. The lowest BCUT2D eigenvalue weighted by Crippen LogP contribution is -2.50. The summed E-state index contributed by atoms with van der Waals surface area (Å²) in [5, 5.41) is 0. The number of hydrogen-bond acceptors (Lipinski definition) is 2. The summed E-state index contributed by atoms with van der Waals surface area (Å²) in [6.07, 6.45) is 0. The van der Waals surface area contributed by atoms with Crippen molar-refractivity contribution in [3.8, 4) is 11.8 Å². The molecule has 1 fully saturated rings. The standard InChI is InChI=1S/C21H19FN2O2/c1-16-2-4-17(5-3-16)6-11-20(25)23-12-14-24(15-13-23)21(26)18-7-9-19(22)10-8-18/h2-5,7-10H,12-15H2,1H3. The van der Waals surface area contributed by atoms with E-state index in [-0.39, 0.29) is 17.6 Å². The number of carbonyl (C=O) groups excluding carboxylic acids is 2. The average molecular weight is 350 g/mol. The molecule has 0 atom stereocenters. The molecule has 1 saturated heterocycles. The van der Waals surface area contributed by atoms with E-state index in [9.17, 15) is 14.0 Å². The first kappa shape index (κ1) is 17.7. The van der Waals surface area contributed by atoms with Crippen LogP contribution in [0.3, 0.4) is 0 Å². The third kappa shape index (κ3) is 4.28. The maximum Gasteiger partial charge on any atom is 0.298 e. The number of nitrogens with zero attached hydrogens (tertiary/aromatic N) is 2. The Morgan fingerprint density at radius 2 is 1.46 bits per heavy atom. The van der Waals surface area contributed by atoms with Crippen LogP contribution < -0.4 is 0 Å². The molecule has 2 amide bonds. The quantitative estimate of drug-likeness (QED) is 0.742. The molecule has 5 heteroatoms. The summed E-state index contributed by atoms with van der Waals surface area (Å²) in [7, 11) is 0. The van der Waals surface area contributed by atoms with Crippen LogP contribution in [0.1, 0.15) is 21.5 Å². The van der Waals surface area contributed by atoms with Gasteiger partial charge in [-0.3, -0.25) is 9.59 Å². The molecule has 0 radical (unpaired) electrons. The summed E-state index contributed by atoms with van der Waals surface area (Å²) in [6, 6.07) is 13.2. The van der Waals surface area contributed by atoms with Crippen molar-refractivity contribution in [1.29, 1.82) is 0 Å². The number of benzene rings is 2. The van der Waals surface area contributed by atoms with Crippen LogP contribution in [0, 0.1) is 24.6 Å². The van der Waals surface area contributed by atoms with Crippen LogP contribution >= 0.6 is 0 Å². The normalized spacial score (nSPS) is 13.8. The smallest absolute Gasteiger partial charge is 0.298 e. The molecule has 0 aliphatic carbocycles. The first-order chi connectivity index (χ1) is 12.5. The summed E-state index contributed by atoms with van der Waals surface area (Å²) in [6.45, 7) is 3.75. The Hall–Kier alpha value is -3.13. The van der Waals surface area contributed by atoms with Gasteiger partial charge in [0.05, 0.1) is 0 Å². The first-order valence-corrected chi connectivity index (χ1v) is 8.45. The van der Waals surface area contributed by atoms with Gasteiger partial charge in [0.2, 0.25) is 0 Å². The molecule has 4 nitrogen and oxygen atoms in total. The van der Waals surface area contributed by atoms with Gasteiger partial charge in [0.1, 0.15) is 5.82 Å². The largest absolute Gasteiger partial charge is 0.335 e. The van der Waals surface area contributed by atoms with Crippen LogP contribution in [0.15, 0.2) is 48.5 Å². The predicted molar refractivity (Wildman–Crippen MR) is 96.9 cm³/mol. The maximum absolute atomic E-state index is 13.0. The molecule has 0 spiro atoms. The van der Waals surface area contributed by atoms with E-state index in [1.54, 1.807) is 9.80 Å². The SMILES string of the molecule is Cc1ccc(C#CC(=O)N2CCN(C(=O)c3ccc(F)cc3)CC2)cc1. The second-order valence-electron chi connectivity index (χ2n) is 6.21. The fourth-order valence-electron chi connectivity index (χ4n) is 2.73. The van der Waals surface area contributed by atoms with Crippen LogP contribution in [0.5, 0.6) is 0 Å². The molecule has 1 aliphatic rings. The molecule has 0 bridgehead atoms. The lowest BCUT2D eigenvalue weighted by Gasteiger charge is -2.33. The Bertz CT molecular complexity index is 856. The lowest BCUT2D eigenvalue weighted by atomic mass is 10.1. The molecule has 1 heterocycles. The molecule has 2 aromatic rings. The molecular weight excluding hydrogens is 331 g/mol. The van der Waals surface area contributed by atoms with E-state index < -0.39 is 0 Å². The number of rotatable bonds is 1. The van der Waals surface area contributed by atoms with Crippen molar-refractivity contribution >= 4 is 11.8 Å². The van der Waals surface area contributed by atoms with E-state index in [1.165, 1.54) is 24.3 Å². The Balaban J connectivity index is 1.56. The van der Waals surface area contributed by atoms with E-state index in [0.717, 1.165) is 11.1 Å². The topological polar surface area (TPSA) is 40.6 Å². The molecule has 0 N–H and O–H groups in total. The minimum atomic E-state index is -0.371. The molecule has 132 valence electrons. The highest BCUT2D eigenvalue weighted by Crippen LogP contribution is 2.10. The summed E-state index contributed by atoms with van der Waals surface area (Å²) >= 11 is 0. The van der Waals surface area contributed by atoms with E-state index in [2.05, 4.69) is 11.8 Å². The average Bonchev–Trinajstić information content (AvgIpc) is 2.67. The van der Waals surface area contributed by atoms with Crippen LogP contribution in [0.25, 0.3) is 0 Å². The number of halogens is 1. The number of aryl methyl sites for hydroxylation is 1. The van der Waals surface area contributed by atoms with Crippen molar-refractivity contribution < 1.29 is 14.0 Å². The number of carbonyl (C=O) groups is 2. The number of piperazine rings is 1. The van der Waals surface area contributed by atoms with Gasteiger partial charge in [0, 0.05) is 43.2 Å². The van der Waals surface area contributed by atoms with E-state index in [0.29, 0.717) is 31.7 Å². The van der Waals surface area contributed by atoms with Crippen LogP contribution in [0.2, 0.25) is 0 Å². The van der Waals surface area contributed by atoms with Gasteiger partial charge in [-0.15, -0.1) is 0 Å². The van der Waals surface area contributed by atoms with Gasteiger partial charge in [-0.25, -0.2) is 4.39 Å². The molecule has 26 heavy (non-hydrogen) atoms. The van der Waals surface area contributed by atoms with Crippen molar-refractivity contribution in [1.82, 2.24) is 9.80 Å². The van der Waals surface area contributed by atoms with E-state index in [1.807, 2.05) is 31.2 Å². The lowest BCUT2D eigenvalue weighted by molar-refractivity contribution is -0.126. The minimum absolute atomic E-state index is 0.150. The third-order valence-electron chi connectivity index (χ3n) is 4.31. The van der Waals surface area contributed by atoms with Gasteiger partial charge < -0.3 is 9.80 Å². The second kappa shape index (κ2) is 7.83. The van der Waals surface area contributed by atoms with Gasteiger partial charge in [-0.05, 0) is 43.3 Å². The highest BCUT2D eigenvalue weighted by molar-refractivity contribution is 5.95. The van der Waals surface area contributed by atoms with Gasteiger partial charge in [0.25, 0.3) is 11.8 Å². The molecule has 0 aromatic heterocycles. The van der Waals surface area contributed by atoms with Gasteiger partial charge in [-0.1, -0.05) is 23.6 Å². The Morgan fingerprint density at radius 1 is 0.885 bits per heavy atom. The molecular formula is C21H19FN2O2. The molecule has 1 aliphatic heterocycles. The highest BCUT2D eigenvalue weighted by Gasteiger charge is 2.24. The van der Waals surface area contributed by atoms with Crippen LogP contribution in [-0.2, 0) is 4.79 Å². The highest BCUT2D eigenvalue weighted by atomic mass is 19.1. The maximum atomic E-state index is 13.0. The predicted octanol–water partition coefficient (Wildman–Crippen LogP) is 2.47. The molecule has 0 saturated carbocycles. The van der Waals surface area contributed by atoms with Crippen molar-refractivity contribution in [2.24, 2.45) is 0 Å². The fourth-order valence-corrected chi connectivity index (χ4v) is 2.73. The summed E-state index contributed by atoms with van der Waals surface area (Å²) in [4.78, 5) is 27.9. The fraction of sp³-hybridized carbons (Fsp3) is 0.238. The van der Waals surface area contributed by atoms with Crippen molar-refractivity contribution in [3.05, 3.63) is 71.0 Å². The number of hydrogen-bond donors (Lipinski definition) is 0. The molecule has 2 aromatic carbocycles. The Labute approximate surface area is 152 Å². The summed E-state index contributed by atoms with van der Waals surface area (Å²) in [5.41, 5.74) is 2.39. The van der Waals surface area contributed by atoms with Crippen molar-refractivity contribution in [2.75, 3.05) is 26.2 Å². The summed E-state index contributed by atoms with van der Waals surface area (Å²) in [5.74, 6) is 4.78. The van der Waals surface area contributed by atoms with Gasteiger partial charge in [-0.2, -0.15) is 0 Å². The zero-order valence-corrected chi connectivity index (χ0v) is 14.5. The zero-order valence-electron chi connectivity index (χ0n) is 14.5. The van der Waals surface area contributed by atoms with E-state index >= 15 is 0 Å². The van der Waals surface area contributed by atoms with Gasteiger partial charge >= 0.3 is 0 Å². The second-order valence-corrected chi connectivity index (χ2v) is 6.21. The van der Waals surface area contributed by atoms with Crippen LogP contribution in [-0.4, -0.2) is 47.8 Å². The first-order valence-electron chi connectivity index (χ1n) is 8.45. The Kier molecular flexibility index (Phi) is 5.33. The van der Waals surface area contributed by atoms with Crippen molar-refractivity contribution in [3.63, 3.8) is 0 Å². The molecule has 3 rings (SSSR count). The monoisotopic (exact) mass is 350 g/mol. The minimum Gasteiger partial charge on any atom is -0.335 e. The molecule has 0 unspecified atom stereocenters. The van der Waals surface area contributed by atoms with Gasteiger partial charge in [0.15, 0.2) is 0 Å². The van der Waals surface area contributed by atoms with E-state index in [4.69, 9.17) is 0 Å². The zero-order chi connectivity index (χ0) is 18.5. The summed E-state index contributed by atoms with van der Waals surface area (Å²) < 4.78 is 13.0. The third-order valence-corrected chi connectivity index (χ3v) is 4.31. The van der Waals surface area contributed by atoms with Crippen molar-refractivity contribution in [2.45, 2.75) is 6.92 Å². The Morgan fingerprint density at radius 3 is 2.08 bits per heavy atom. The van der Waals surface area contributed by atoms with Crippen LogP contribution in [0.4, 0.5) is 4.39 Å².